The summed E-state index contributed by atoms with van der Waals surface area (Å²) < 4.78 is 22.2. The van der Waals surface area contributed by atoms with Gasteiger partial charge < -0.3 is 9.64 Å². The van der Waals surface area contributed by atoms with Gasteiger partial charge in [-0.15, -0.1) is 0 Å². The van der Waals surface area contributed by atoms with Crippen molar-refractivity contribution < 1.29 is 18.5 Å². The number of methoxy groups -OCH3 is 1. The number of halogens is 2. The van der Waals surface area contributed by atoms with Gasteiger partial charge in [0.1, 0.15) is 5.57 Å². The molecule has 0 amide bonds. The number of ether oxygens (including phenoxy) is 1. The Morgan fingerprint density at radius 2 is 2.06 bits per heavy atom. The highest BCUT2D eigenvalue weighted by Crippen LogP contribution is 2.39. The van der Waals surface area contributed by atoms with Gasteiger partial charge in [-0.3, -0.25) is 4.79 Å². The Kier molecular flexibility index (Phi) is 9.88. The van der Waals surface area contributed by atoms with Gasteiger partial charge in [0, 0.05) is 42.7 Å². The summed E-state index contributed by atoms with van der Waals surface area (Å²) in [5.74, 6) is -1.18. The van der Waals surface area contributed by atoms with Crippen LogP contribution >= 0.6 is 40.0 Å². The lowest BCUT2D eigenvalue weighted by atomic mass is 9.95. The average molecular weight is 627 g/mol. The van der Waals surface area contributed by atoms with Crippen LogP contribution in [0.2, 0.25) is 5.02 Å². The molecule has 1 aromatic carbocycles. The molecule has 0 bridgehead atoms. The number of aromatic nitrogens is 2. The van der Waals surface area contributed by atoms with Gasteiger partial charge in [0.2, 0.25) is 0 Å². The summed E-state index contributed by atoms with van der Waals surface area (Å²) in [7, 11) is 3.14. The molecule has 2 aromatic rings. The van der Waals surface area contributed by atoms with E-state index in [1.165, 1.54) is 13.3 Å². The van der Waals surface area contributed by atoms with Crippen LogP contribution in [-0.4, -0.2) is 56.4 Å². The fourth-order valence-corrected chi connectivity index (χ4v) is 5.75. The predicted molar refractivity (Wildman–Crippen MR) is 144 cm³/mol. The van der Waals surface area contributed by atoms with Crippen LogP contribution in [0.5, 0.6) is 0 Å². The van der Waals surface area contributed by atoms with E-state index in [4.69, 9.17) is 16.3 Å². The lowest BCUT2D eigenvalue weighted by Crippen LogP contribution is -2.37. The Morgan fingerprint density at radius 1 is 1.42 bits per heavy atom. The van der Waals surface area contributed by atoms with Gasteiger partial charge in [0.25, 0.3) is 0 Å². The molecule has 2 rings (SSSR count). The van der Waals surface area contributed by atoms with Crippen molar-refractivity contribution in [3.8, 4) is 0 Å². The van der Waals surface area contributed by atoms with Crippen LogP contribution < -0.4 is 4.72 Å². The van der Waals surface area contributed by atoms with Gasteiger partial charge in [-0.25, -0.2) is 18.2 Å². The number of rotatable bonds is 9. The summed E-state index contributed by atoms with van der Waals surface area (Å²) in [6, 6.07) is 1.23. The molecular formula is C21H29ClIN4O4PS. The van der Waals surface area contributed by atoms with Crippen LogP contribution in [0.4, 0.5) is 0 Å². The van der Waals surface area contributed by atoms with Crippen molar-refractivity contribution in [3.05, 3.63) is 40.2 Å². The Morgan fingerprint density at radius 3 is 2.58 bits per heavy atom. The molecule has 0 aliphatic carbocycles. The SMILES string of the molecule is COC(=O)/C(=C\N(C)C)C(=O)CC(NS(=O)C(C)(C)C)c1c(Cl)c(C)cc2c1cnn2PI. The Bertz CT molecular complexity index is 1110. The van der Waals surface area contributed by atoms with Crippen LogP contribution in [0.3, 0.4) is 0 Å². The summed E-state index contributed by atoms with van der Waals surface area (Å²) in [6.45, 7) is 7.39. The first-order valence-electron chi connectivity index (χ1n) is 10.0. The monoisotopic (exact) mass is 626 g/mol. The third-order valence-corrected chi connectivity index (χ3v) is 8.75. The standard InChI is InChI=1S/C21H29ClIN4O4PS/c1-12-8-16-13(10-24-27(16)32-23)18(19(12)22)15(25-33(30)21(2,3)4)9-17(28)14(11-26(5)6)20(29)31-7/h8,10-11,15,25,32H,9H2,1-7H3/b14-11-. The summed E-state index contributed by atoms with van der Waals surface area (Å²) in [5, 5.41) is 5.67. The molecule has 3 unspecified atom stereocenters. The highest BCUT2D eigenvalue weighted by molar-refractivity contribution is 14.2. The Balaban J connectivity index is 2.67. The molecule has 33 heavy (non-hydrogen) atoms. The first-order valence-corrected chi connectivity index (χ1v) is 15.6. The second kappa shape index (κ2) is 11.6. The number of ketones is 1. The fraction of sp³-hybridized carbons (Fsp3) is 0.476. The number of carbonyl (C=O) groups excluding carboxylic acids is 2. The molecule has 3 atom stereocenters. The lowest BCUT2D eigenvalue weighted by Gasteiger charge is -2.26. The zero-order valence-corrected chi connectivity index (χ0v) is 24.4. The van der Waals surface area contributed by atoms with E-state index in [0.717, 1.165) is 16.5 Å². The minimum atomic E-state index is -1.51. The van der Waals surface area contributed by atoms with Crippen molar-refractivity contribution in [1.29, 1.82) is 0 Å². The maximum absolute atomic E-state index is 13.3. The van der Waals surface area contributed by atoms with E-state index in [2.05, 4.69) is 31.9 Å². The number of carbonyl (C=O) groups is 2. The highest BCUT2D eigenvalue weighted by atomic mass is 127. The lowest BCUT2D eigenvalue weighted by molar-refractivity contribution is -0.138. The maximum Gasteiger partial charge on any atom is 0.342 e. The minimum Gasteiger partial charge on any atom is -0.465 e. The van der Waals surface area contributed by atoms with Gasteiger partial charge in [-0.1, -0.05) is 11.6 Å². The van der Waals surface area contributed by atoms with E-state index in [1.54, 1.807) is 25.2 Å². The number of fused-ring (bicyclic) bond motifs is 1. The average Bonchev–Trinajstić information content (AvgIpc) is 3.12. The molecule has 0 radical (unpaired) electrons. The van der Waals surface area contributed by atoms with Crippen molar-refractivity contribution in [2.75, 3.05) is 21.2 Å². The molecule has 0 fully saturated rings. The number of benzene rings is 1. The maximum atomic E-state index is 13.3. The van der Waals surface area contributed by atoms with Crippen molar-refractivity contribution >= 4 is 73.7 Å². The van der Waals surface area contributed by atoms with Crippen molar-refractivity contribution in [2.24, 2.45) is 0 Å². The quantitative estimate of drug-likeness (QED) is 0.110. The van der Waals surface area contributed by atoms with E-state index in [9.17, 15) is 13.8 Å². The zero-order chi connectivity index (χ0) is 25.1. The van der Waals surface area contributed by atoms with Gasteiger partial charge in [0.05, 0.1) is 47.0 Å². The van der Waals surface area contributed by atoms with Crippen molar-refractivity contribution in [3.63, 3.8) is 0 Å². The third-order valence-electron chi connectivity index (χ3n) is 4.75. The number of aryl methyl sites for hydroxylation is 1. The molecule has 0 aliphatic rings. The molecule has 8 nitrogen and oxygen atoms in total. The molecule has 1 N–H and O–H groups in total. The number of hydrogen-bond acceptors (Lipinski definition) is 6. The van der Waals surface area contributed by atoms with Crippen LogP contribution in [0.1, 0.15) is 44.4 Å². The summed E-state index contributed by atoms with van der Waals surface area (Å²) in [4.78, 5) is 27.2. The van der Waals surface area contributed by atoms with E-state index < -0.39 is 33.5 Å². The Labute approximate surface area is 216 Å². The smallest absolute Gasteiger partial charge is 0.342 e. The minimum absolute atomic E-state index is 0.0969. The fourth-order valence-electron chi connectivity index (χ4n) is 3.12. The Hall–Kier alpha value is -1.07. The topological polar surface area (TPSA) is 93.5 Å². The van der Waals surface area contributed by atoms with Gasteiger partial charge in [-0.2, -0.15) is 5.10 Å². The van der Waals surface area contributed by atoms with Crippen LogP contribution in [0.25, 0.3) is 10.9 Å². The number of hydrogen-bond donors (Lipinski definition) is 1. The highest BCUT2D eigenvalue weighted by Gasteiger charge is 2.31. The first-order chi connectivity index (χ1) is 15.3. The number of nitrogens with one attached hydrogen (secondary N) is 1. The summed E-state index contributed by atoms with van der Waals surface area (Å²) in [6.07, 6.45) is 3.36. The van der Waals surface area contributed by atoms with Crippen LogP contribution in [0, 0.1) is 6.92 Å². The molecule has 1 heterocycles. The molecule has 1 aromatic heterocycles. The predicted octanol–water partition coefficient (Wildman–Crippen LogP) is 4.46. The molecule has 12 heteroatoms. The molecule has 0 saturated carbocycles. The van der Waals surface area contributed by atoms with E-state index in [1.807, 2.05) is 38.2 Å². The first kappa shape index (κ1) is 28.2. The largest absolute Gasteiger partial charge is 0.465 e. The molecule has 0 spiro atoms. The summed E-state index contributed by atoms with van der Waals surface area (Å²) in [5.41, 5.74) is 2.22. The second-order valence-electron chi connectivity index (χ2n) is 8.67. The molecule has 182 valence electrons. The number of nitrogens with zero attached hydrogens (tertiary/aromatic N) is 3. The van der Waals surface area contributed by atoms with Crippen molar-refractivity contribution in [1.82, 2.24) is 19.2 Å². The zero-order valence-electron chi connectivity index (χ0n) is 19.7. The van der Waals surface area contributed by atoms with Gasteiger partial charge in [-0.05, 0) is 61.4 Å². The molecule has 0 saturated heterocycles. The van der Waals surface area contributed by atoms with Crippen LogP contribution in [0.15, 0.2) is 24.0 Å². The number of esters is 1. The number of Topliss-reactive ketones (excluding diaryl/α,β-unsaturated/α-hetero) is 1. The molecule has 0 aliphatic heterocycles. The normalized spacial score (nSPS) is 14.6. The van der Waals surface area contributed by atoms with E-state index in [0.29, 0.717) is 17.0 Å². The third kappa shape index (κ3) is 6.75. The van der Waals surface area contributed by atoms with Crippen molar-refractivity contribution in [2.45, 2.75) is 44.9 Å². The molecular weight excluding hydrogens is 598 g/mol. The van der Waals surface area contributed by atoms with Gasteiger partial charge in [0.15, 0.2) is 5.78 Å². The summed E-state index contributed by atoms with van der Waals surface area (Å²) >= 11 is 9.00. The van der Waals surface area contributed by atoms with Crippen LogP contribution in [-0.2, 0) is 25.3 Å². The van der Waals surface area contributed by atoms with E-state index >= 15 is 0 Å². The van der Waals surface area contributed by atoms with Gasteiger partial charge >= 0.3 is 5.97 Å². The second-order valence-corrected chi connectivity index (χ2v) is 13.1. The van der Waals surface area contributed by atoms with E-state index in [-0.39, 0.29) is 12.0 Å².